The number of hydrogen-bond acceptors (Lipinski definition) is 8. The van der Waals surface area contributed by atoms with Crippen molar-refractivity contribution in [3.05, 3.63) is 35.9 Å². The molecule has 3 amide bonds. The standard InChI is InChI=1S/C20H26N4O10/c21-11(6-10-4-2-1-3-5-10)17(30)24-14(9-25)19(32)22-12(7-15(26)27)18(31)23-13(20(33)34)8-16(28)29/h1-5,11-14,25H,6-9,21H2,(H,22,32)(H,23,31)(H,24,30)(H,26,27)(H,28,29)(H,33,34). The highest BCUT2D eigenvalue weighted by molar-refractivity contribution is 5.96. The number of carbonyl (C=O) groups excluding carboxylic acids is 3. The highest BCUT2D eigenvalue weighted by Gasteiger charge is 2.32. The number of nitrogens with two attached hydrogens (primary N) is 1. The molecule has 0 spiro atoms. The van der Waals surface area contributed by atoms with Crippen molar-refractivity contribution in [2.75, 3.05) is 6.61 Å². The summed E-state index contributed by atoms with van der Waals surface area (Å²) in [6.45, 7) is -0.923. The second-order valence-corrected chi connectivity index (χ2v) is 7.20. The summed E-state index contributed by atoms with van der Waals surface area (Å²) in [5.41, 5.74) is 6.56. The molecule has 0 saturated heterocycles. The van der Waals surface area contributed by atoms with Crippen molar-refractivity contribution in [2.24, 2.45) is 5.73 Å². The molecule has 1 aromatic carbocycles. The number of aliphatic carboxylic acids is 3. The second-order valence-electron chi connectivity index (χ2n) is 7.20. The number of carbonyl (C=O) groups is 6. The number of nitrogens with one attached hydrogen (secondary N) is 3. The highest BCUT2D eigenvalue weighted by Crippen LogP contribution is 2.03. The molecule has 1 aromatic rings. The molecule has 0 aromatic heterocycles. The lowest BCUT2D eigenvalue weighted by atomic mass is 10.1. The van der Waals surface area contributed by atoms with Gasteiger partial charge in [-0.1, -0.05) is 30.3 Å². The first-order chi connectivity index (χ1) is 15.9. The third kappa shape index (κ3) is 9.62. The van der Waals surface area contributed by atoms with E-state index < -0.39 is 79.2 Å². The maximum absolute atomic E-state index is 12.5. The van der Waals surface area contributed by atoms with E-state index in [0.29, 0.717) is 0 Å². The summed E-state index contributed by atoms with van der Waals surface area (Å²) in [4.78, 5) is 70.1. The van der Waals surface area contributed by atoms with Gasteiger partial charge in [-0.15, -0.1) is 0 Å². The van der Waals surface area contributed by atoms with Crippen LogP contribution in [0.1, 0.15) is 18.4 Å². The van der Waals surface area contributed by atoms with Crippen LogP contribution < -0.4 is 21.7 Å². The summed E-state index contributed by atoms with van der Waals surface area (Å²) in [6.07, 6.45) is -1.86. The van der Waals surface area contributed by atoms with E-state index in [9.17, 15) is 33.9 Å². The normalized spacial score (nSPS) is 14.1. The summed E-state index contributed by atoms with van der Waals surface area (Å²) >= 11 is 0. The van der Waals surface area contributed by atoms with Crippen molar-refractivity contribution in [1.29, 1.82) is 0 Å². The lowest BCUT2D eigenvalue weighted by Crippen LogP contribution is -2.58. The Balaban J connectivity index is 2.85. The summed E-state index contributed by atoms with van der Waals surface area (Å²) in [7, 11) is 0. The predicted octanol–water partition coefficient (Wildman–Crippen LogP) is -2.96. The molecule has 0 radical (unpaired) electrons. The second kappa shape index (κ2) is 13.5. The molecular weight excluding hydrogens is 456 g/mol. The molecule has 1 rings (SSSR count). The van der Waals surface area contributed by atoms with Crippen molar-refractivity contribution in [1.82, 2.24) is 16.0 Å². The van der Waals surface area contributed by atoms with Crippen LogP contribution in [0.3, 0.4) is 0 Å². The van der Waals surface area contributed by atoms with Crippen LogP contribution in [0.4, 0.5) is 0 Å². The number of rotatable bonds is 14. The van der Waals surface area contributed by atoms with Crippen molar-refractivity contribution in [3.63, 3.8) is 0 Å². The molecule has 186 valence electrons. The molecule has 14 heteroatoms. The average Bonchev–Trinajstić information content (AvgIpc) is 2.76. The zero-order valence-electron chi connectivity index (χ0n) is 17.8. The molecule has 14 nitrogen and oxygen atoms in total. The van der Waals surface area contributed by atoms with Crippen molar-refractivity contribution >= 4 is 35.6 Å². The number of aliphatic hydroxyl groups excluding tert-OH is 1. The first-order valence-corrected chi connectivity index (χ1v) is 9.92. The lowest BCUT2D eigenvalue weighted by Gasteiger charge is -2.23. The minimum absolute atomic E-state index is 0.122. The number of benzene rings is 1. The van der Waals surface area contributed by atoms with Crippen LogP contribution in [0.25, 0.3) is 0 Å². The van der Waals surface area contributed by atoms with E-state index in [-0.39, 0.29) is 6.42 Å². The Morgan fingerprint density at radius 1 is 0.735 bits per heavy atom. The third-order valence-electron chi connectivity index (χ3n) is 4.46. The van der Waals surface area contributed by atoms with Gasteiger partial charge in [0.15, 0.2) is 0 Å². The number of aliphatic hydroxyl groups is 1. The molecule has 9 N–H and O–H groups in total. The zero-order valence-corrected chi connectivity index (χ0v) is 17.8. The van der Waals surface area contributed by atoms with E-state index in [4.69, 9.17) is 21.1 Å². The van der Waals surface area contributed by atoms with E-state index in [0.717, 1.165) is 5.56 Å². The van der Waals surface area contributed by atoms with Gasteiger partial charge in [-0.05, 0) is 12.0 Å². The van der Waals surface area contributed by atoms with Gasteiger partial charge in [-0.3, -0.25) is 24.0 Å². The Labute approximate surface area is 193 Å². The quantitative estimate of drug-likeness (QED) is 0.133. The molecule has 0 heterocycles. The summed E-state index contributed by atoms with van der Waals surface area (Å²) < 4.78 is 0. The van der Waals surface area contributed by atoms with Gasteiger partial charge in [0.25, 0.3) is 0 Å². The molecule has 0 aliphatic rings. The zero-order chi connectivity index (χ0) is 25.8. The Bertz CT molecular complexity index is 908. The topological polar surface area (TPSA) is 245 Å². The van der Waals surface area contributed by atoms with Gasteiger partial charge in [0.1, 0.15) is 18.1 Å². The van der Waals surface area contributed by atoms with Crippen molar-refractivity contribution in [3.8, 4) is 0 Å². The van der Waals surface area contributed by atoms with E-state index in [1.54, 1.807) is 30.3 Å². The van der Waals surface area contributed by atoms with E-state index >= 15 is 0 Å². The van der Waals surface area contributed by atoms with E-state index in [1.165, 1.54) is 0 Å². The fourth-order valence-electron chi connectivity index (χ4n) is 2.74. The fourth-order valence-corrected chi connectivity index (χ4v) is 2.74. The highest BCUT2D eigenvalue weighted by atomic mass is 16.4. The van der Waals surface area contributed by atoms with Gasteiger partial charge in [0.2, 0.25) is 17.7 Å². The molecule has 4 atom stereocenters. The van der Waals surface area contributed by atoms with Crippen LogP contribution in [0.15, 0.2) is 30.3 Å². The largest absolute Gasteiger partial charge is 0.481 e. The maximum Gasteiger partial charge on any atom is 0.326 e. The molecular formula is C20H26N4O10. The molecule has 0 fully saturated rings. The van der Waals surface area contributed by atoms with Gasteiger partial charge >= 0.3 is 17.9 Å². The minimum atomic E-state index is -1.89. The van der Waals surface area contributed by atoms with Gasteiger partial charge in [0.05, 0.1) is 25.5 Å². The molecule has 0 aliphatic heterocycles. The van der Waals surface area contributed by atoms with E-state index in [2.05, 4.69) is 5.32 Å². The minimum Gasteiger partial charge on any atom is -0.481 e. The number of hydrogen-bond donors (Lipinski definition) is 8. The lowest BCUT2D eigenvalue weighted by molar-refractivity contribution is -0.148. The van der Waals surface area contributed by atoms with Crippen LogP contribution in [-0.2, 0) is 35.2 Å². The van der Waals surface area contributed by atoms with Gasteiger partial charge in [-0.2, -0.15) is 0 Å². The first kappa shape index (κ1) is 28.0. The van der Waals surface area contributed by atoms with Gasteiger partial charge in [-0.25, -0.2) is 4.79 Å². The van der Waals surface area contributed by atoms with Crippen LogP contribution in [0.5, 0.6) is 0 Å². The molecule has 4 unspecified atom stereocenters. The molecule has 0 aliphatic carbocycles. The first-order valence-electron chi connectivity index (χ1n) is 9.92. The van der Waals surface area contributed by atoms with Crippen LogP contribution in [0, 0.1) is 0 Å². The maximum atomic E-state index is 12.5. The van der Waals surface area contributed by atoms with Crippen LogP contribution in [0.2, 0.25) is 0 Å². The SMILES string of the molecule is NC(Cc1ccccc1)C(=O)NC(CO)C(=O)NC(CC(=O)O)C(=O)NC(CC(=O)O)C(=O)O. The van der Waals surface area contributed by atoms with Crippen molar-refractivity contribution in [2.45, 2.75) is 43.4 Å². The fraction of sp³-hybridized carbons (Fsp3) is 0.400. The number of carboxylic acid groups (broad SMARTS) is 3. The van der Waals surface area contributed by atoms with Gasteiger partial charge < -0.3 is 42.1 Å². The number of carboxylic acids is 3. The smallest absolute Gasteiger partial charge is 0.326 e. The molecule has 0 saturated carbocycles. The van der Waals surface area contributed by atoms with Crippen LogP contribution in [-0.4, -0.2) is 86.8 Å². The number of amides is 3. The Kier molecular flexibility index (Phi) is 11.1. The molecule has 34 heavy (non-hydrogen) atoms. The van der Waals surface area contributed by atoms with E-state index in [1.807, 2.05) is 10.6 Å². The summed E-state index contributed by atoms with van der Waals surface area (Å²) in [6, 6.07) is 2.30. The Morgan fingerprint density at radius 3 is 1.71 bits per heavy atom. The summed E-state index contributed by atoms with van der Waals surface area (Å²) in [5.74, 6) is -8.00. The Morgan fingerprint density at radius 2 is 1.21 bits per heavy atom. The van der Waals surface area contributed by atoms with Crippen LogP contribution >= 0.6 is 0 Å². The predicted molar refractivity (Wildman–Crippen MR) is 113 cm³/mol. The Hall–Kier alpha value is -4.04. The van der Waals surface area contributed by atoms with Gasteiger partial charge in [0, 0.05) is 0 Å². The summed E-state index contributed by atoms with van der Waals surface area (Å²) in [5, 5.41) is 42.3. The molecule has 0 bridgehead atoms. The van der Waals surface area contributed by atoms with Crippen molar-refractivity contribution < 1.29 is 49.2 Å². The monoisotopic (exact) mass is 482 g/mol. The average molecular weight is 482 g/mol. The third-order valence-corrected chi connectivity index (χ3v) is 4.46.